The van der Waals surface area contributed by atoms with Gasteiger partial charge in [0.05, 0.1) is 6.10 Å². The number of aliphatic hydroxyl groups is 1. The molecular formula is C16H27N3O. The Labute approximate surface area is 122 Å². The van der Waals surface area contributed by atoms with E-state index in [9.17, 15) is 5.11 Å². The van der Waals surface area contributed by atoms with E-state index in [2.05, 4.69) is 60.4 Å². The van der Waals surface area contributed by atoms with Crippen molar-refractivity contribution in [3.8, 4) is 0 Å². The van der Waals surface area contributed by atoms with E-state index in [1.54, 1.807) is 0 Å². The van der Waals surface area contributed by atoms with Crippen LogP contribution < -0.4 is 10.2 Å². The summed E-state index contributed by atoms with van der Waals surface area (Å²) in [7, 11) is 6.16. The summed E-state index contributed by atoms with van der Waals surface area (Å²) in [4.78, 5) is 4.56. The third kappa shape index (κ3) is 3.32. The Morgan fingerprint density at radius 1 is 1.40 bits per heavy atom. The van der Waals surface area contributed by atoms with Crippen molar-refractivity contribution in [1.29, 1.82) is 0 Å². The second-order valence-corrected chi connectivity index (χ2v) is 6.03. The molecule has 112 valence electrons. The average Bonchev–Trinajstić information content (AvgIpc) is 2.77. The summed E-state index contributed by atoms with van der Waals surface area (Å²) in [5.41, 5.74) is 2.55. The average molecular weight is 277 g/mol. The Kier molecular flexibility index (Phi) is 5.02. The van der Waals surface area contributed by atoms with Gasteiger partial charge in [0, 0.05) is 30.9 Å². The molecule has 1 aromatic carbocycles. The Morgan fingerprint density at radius 2 is 2.10 bits per heavy atom. The molecule has 0 aromatic heterocycles. The lowest BCUT2D eigenvalue weighted by atomic mass is 10.0. The van der Waals surface area contributed by atoms with Gasteiger partial charge in [0.1, 0.15) is 0 Å². The molecule has 0 amide bonds. The minimum absolute atomic E-state index is 0.224. The Balaban J connectivity index is 2.29. The van der Waals surface area contributed by atoms with Crippen molar-refractivity contribution in [2.75, 3.05) is 39.1 Å². The number of benzene rings is 1. The van der Waals surface area contributed by atoms with Gasteiger partial charge in [0.25, 0.3) is 0 Å². The first-order valence-electron chi connectivity index (χ1n) is 7.38. The summed E-state index contributed by atoms with van der Waals surface area (Å²) in [6, 6.07) is 9.20. The van der Waals surface area contributed by atoms with Crippen LogP contribution in [0.25, 0.3) is 0 Å². The third-order valence-electron chi connectivity index (χ3n) is 4.11. The predicted molar refractivity (Wildman–Crippen MR) is 84.2 cm³/mol. The highest BCUT2D eigenvalue weighted by atomic mass is 16.3. The van der Waals surface area contributed by atoms with E-state index < -0.39 is 0 Å². The minimum Gasteiger partial charge on any atom is -0.391 e. The lowest BCUT2D eigenvalue weighted by Crippen LogP contribution is -2.38. The summed E-state index contributed by atoms with van der Waals surface area (Å²) >= 11 is 0. The summed E-state index contributed by atoms with van der Waals surface area (Å²) in [5, 5.41) is 13.4. The Bertz CT molecular complexity index is 435. The molecular weight excluding hydrogens is 250 g/mol. The van der Waals surface area contributed by atoms with Crippen LogP contribution in [0.2, 0.25) is 0 Å². The first kappa shape index (κ1) is 15.3. The molecule has 1 aliphatic heterocycles. The molecule has 1 fully saturated rings. The van der Waals surface area contributed by atoms with Gasteiger partial charge in [-0.2, -0.15) is 0 Å². The van der Waals surface area contributed by atoms with E-state index in [0.717, 1.165) is 19.5 Å². The molecule has 0 radical (unpaired) electrons. The quantitative estimate of drug-likeness (QED) is 0.855. The fraction of sp³-hybridized carbons (Fsp3) is 0.625. The van der Waals surface area contributed by atoms with Crippen molar-refractivity contribution in [2.24, 2.45) is 0 Å². The van der Waals surface area contributed by atoms with E-state index in [-0.39, 0.29) is 6.10 Å². The molecule has 0 spiro atoms. The largest absolute Gasteiger partial charge is 0.391 e. The van der Waals surface area contributed by atoms with Crippen LogP contribution in [0.3, 0.4) is 0 Å². The molecule has 1 aromatic rings. The minimum atomic E-state index is -0.224. The number of rotatable bonds is 5. The standard InChI is InChI=1S/C16H27N3O/c1-12(17-2)15-7-5-6-8-16(15)19-11-14(20)9-13(19)10-18(3)4/h5-8,12-14,17,20H,9-11H2,1-4H3. The van der Waals surface area contributed by atoms with Crippen LogP contribution in [0.15, 0.2) is 24.3 Å². The van der Waals surface area contributed by atoms with Crippen molar-refractivity contribution in [3.05, 3.63) is 29.8 Å². The van der Waals surface area contributed by atoms with Crippen molar-refractivity contribution < 1.29 is 5.11 Å². The first-order valence-corrected chi connectivity index (χ1v) is 7.38. The second-order valence-electron chi connectivity index (χ2n) is 6.03. The number of nitrogens with zero attached hydrogens (tertiary/aromatic N) is 2. The molecule has 4 nitrogen and oxygen atoms in total. The van der Waals surface area contributed by atoms with E-state index in [4.69, 9.17) is 0 Å². The first-order chi connectivity index (χ1) is 9.52. The van der Waals surface area contributed by atoms with Crippen LogP contribution in [0.5, 0.6) is 0 Å². The molecule has 2 N–H and O–H groups in total. The number of likely N-dealkylation sites (N-methyl/N-ethyl adjacent to an activating group) is 1. The molecule has 0 saturated carbocycles. The lowest BCUT2D eigenvalue weighted by molar-refractivity contribution is 0.191. The van der Waals surface area contributed by atoms with Gasteiger partial charge < -0.3 is 20.2 Å². The number of anilines is 1. The SMILES string of the molecule is CNC(C)c1ccccc1N1CC(O)CC1CN(C)C. The summed E-state index contributed by atoms with van der Waals surface area (Å²) in [6.07, 6.45) is 0.623. The topological polar surface area (TPSA) is 38.7 Å². The van der Waals surface area contributed by atoms with E-state index in [0.29, 0.717) is 12.1 Å². The summed E-state index contributed by atoms with van der Waals surface area (Å²) < 4.78 is 0. The maximum Gasteiger partial charge on any atom is 0.0735 e. The highest BCUT2D eigenvalue weighted by molar-refractivity contribution is 5.56. The summed E-state index contributed by atoms with van der Waals surface area (Å²) in [6.45, 7) is 3.87. The molecule has 20 heavy (non-hydrogen) atoms. The van der Waals surface area contributed by atoms with Crippen LogP contribution in [-0.2, 0) is 0 Å². The van der Waals surface area contributed by atoms with E-state index in [1.165, 1.54) is 11.3 Å². The maximum atomic E-state index is 10.1. The van der Waals surface area contributed by atoms with Gasteiger partial charge in [0.15, 0.2) is 0 Å². The fourth-order valence-corrected chi connectivity index (χ4v) is 3.05. The normalized spacial score (nSPS) is 24.4. The van der Waals surface area contributed by atoms with Crippen LogP contribution in [0, 0.1) is 0 Å². The molecule has 3 unspecified atom stereocenters. The fourth-order valence-electron chi connectivity index (χ4n) is 3.05. The summed E-state index contributed by atoms with van der Waals surface area (Å²) in [5.74, 6) is 0. The van der Waals surface area contributed by atoms with Gasteiger partial charge >= 0.3 is 0 Å². The van der Waals surface area contributed by atoms with Gasteiger partial charge in [-0.1, -0.05) is 18.2 Å². The zero-order valence-electron chi connectivity index (χ0n) is 13.0. The number of para-hydroxylation sites is 1. The molecule has 3 atom stereocenters. The number of hydrogen-bond acceptors (Lipinski definition) is 4. The molecule has 1 saturated heterocycles. The van der Waals surface area contributed by atoms with Crippen molar-refractivity contribution in [1.82, 2.24) is 10.2 Å². The third-order valence-corrected chi connectivity index (χ3v) is 4.11. The zero-order chi connectivity index (χ0) is 14.7. The monoisotopic (exact) mass is 277 g/mol. The van der Waals surface area contributed by atoms with Crippen molar-refractivity contribution >= 4 is 5.69 Å². The Morgan fingerprint density at radius 3 is 2.75 bits per heavy atom. The zero-order valence-corrected chi connectivity index (χ0v) is 13.0. The highest BCUT2D eigenvalue weighted by Gasteiger charge is 2.32. The number of nitrogens with one attached hydrogen (secondary N) is 1. The molecule has 0 bridgehead atoms. The second kappa shape index (κ2) is 6.57. The lowest BCUT2D eigenvalue weighted by Gasteiger charge is -2.31. The van der Waals surface area contributed by atoms with Crippen LogP contribution in [-0.4, -0.2) is 56.4 Å². The smallest absolute Gasteiger partial charge is 0.0735 e. The van der Waals surface area contributed by atoms with Crippen LogP contribution >= 0.6 is 0 Å². The molecule has 4 heteroatoms. The van der Waals surface area contributed by atoms with Gasteiger partial charge in [0.2, 0.25) is 0 Å². The number of hydrogen-bond donors (Lipinski definition) is 2. The van der Waals surface area contributed by atoms with Crippen LogP contribution in [0.4, 0.5) is 5.69 Å². The van der Waals surface area contributed by atoms with Gasteiger partial charge in [-0.05, 0) is 46.1 Å². The highest BCUT2D eigenvalue weighted by Crippen LogP contribution is 2.32. The van der Waals surface area contributed by atoms with E-state index in [1.807, 2.05) is 7.05 Å². The predicted octanol–water partition coefficient (Wildman–Crippen LogP) is 1.47. The molecule has 1 heterocycles. The van der Waals surface area contributed by atoms with Gasteiger partial charge in [-0.15, -0.1) is 0 Å². The molecule has 2 rings (SSSR count). The number of β-amino-alcohol motifs (C(OH)–C–C–N with tert-alkyl or cyclic N) is 1. The van der Waals surface area contributed by atoms with E-state index >= 15 is 0 Å². The maximum absolute atomic E-state index is 10.1. The molecule has 0 aliphatic carbocycles. The number of aliphatic hydroxyl groups excluding tert-OH is 1. The van der Waals surface area contributed by atoms with Gasteiger partial charge in [-0.3, -0.25) is 0 Å². The van der Waals surface area contributed by atoms with Crippen LogP contribution in [0.1, 0.15) is 24.9 Å². The van der Waals surface area contributed by atoms with Gasteiger partial charge in [-0.25, -0.2) is 0 Å². The Hall–Kier alpha value is -1.10. The van der Waals surface area contributed by atoms with Crippen molar-refractivity contribution in [3.63, 3.8) is 0 Å². The van der Waals surface area contributed by atoms with Crippen molar-refractivity contribution in [2.45, 2.75) is 31.5 Å². The molecule has 1 aliphatic rings.